The first-order valence-corrected chi connectivity index (χ1v) is 11.7. The minimum Gasteiger partial charge on any atom is -0.481 e. The van der Waals surface area contributed by atoms with Gasteiger partial charge in [0.25, 0.3) is 0 Å². The van der Waals surface area contributed by atoms with Gasteiger partial charge in [-0.2, -0.15) is 13.2 Å². The number of rotatable bonds is 6. The predicted octanol–water partition coefficient (Wildman–Crippen LogP) is 4.18. The van der Waals surface area contributed by atoms with E-state index in [1.54, 1.807) is 23.6 Å². The van der Waals surface area contributed by atoms with E-state index in [4.69, 9.17) is 11.6 Å². The Morgan fingerprint density at radius 3 is 2.30 bits per heavy atom. The number of urea groups is 1. The van der Waals surface area contributed by atoms with E-state index in [0.29, 0.717) is 29.0 Å². The van der Waals surface area contributed by atoms with Gasteiger partial charge in [-0.05, 0) is 43.7 Å². The number of carbonyl (C=O) groups excluding carboxylic acids is 2. The third-order valence-corrected chi connectivity index (χ3v) is 6.79. The van der Waals surface area contributed by atoms with Gasteiger partial charge in [0.05, 0.1) is 28.2 Å². The maximum absolute atomic E-state index is 13.4. The second-order valence-corrected chi connectivity index (χ2v) is 8.81. The fraction of sp³-hybridized carbons (Fsp3) is 0.333. The number of carbonyl (C=O) groups is 3. The lowest BCUT2D eigenvalue weighted by molar-refractivity contribution is -0.150. The van der Waals surface area contributed by atoms with E-state index >= 15 is 0 Å². The molecule has 1 fully saturated rings. The first-order valence-electron chi connectivity index (χ1n) is 11.3. The Morgan fingerprint density at radius 1 is 1.05 bits per heavy atom. The number of benzene rings is 2. The number of anilines is 1. The summed E-state index contributed by atoms with van der Waals surface area (Å²) in [7, 11) is 0. The highest BCUT2D eigenvalue weighted by molar-refractivity contribution is 6.32. The molecule has 1 aromatic heterocycles. The van der Waals surface area contributed by atoms with Gasteiger partial charge in [-0.1, -0.05) is 23.7 Å². The zero-order chi connectivity index (χ0) is 27.2. The highest BCUT2D eigenvalue weighted by Crippen LogP contribution is 2.37. The zero-order valence-corrected chi connectivity index (χ0v) is 20.5. The van der Waals surface area contributed by atoms with Crippen LogP contribution in [-0.2, 0) is 35.4 Å². The number of aliphatic carboxylic acids is 1. The summed E-state index contributed by atoms with van der Waals surface area (Å²) in [5.41, 5.74) is -0.205. The van der Waals surface area contributed by atoms with E-state index < -0.39 is 53.7 Å². The van der Waals surface area contributed by atoms with Crippen LogP contribution in [0.25, 0.3) is 11.0 Å². The fourth-order valence-electron chi connectivity index (χ4n) is 4.49. The molecule has 0 aliphatic carbocycles. The maximum Gasteiger partial charge on any atom is 0.417 e. The van der Waals surface area contributed by atoms with Crippen LogP contribution in [0.4, 0.5) is 23.7 Å². The van der Waals surface area contributed by atoms with Crippen LogP contribution < -0.4 is 10.6 Å². The molecule has 9 nitrogen and oxygen atoms in total. The number of imidazole rings is 1. The number of carboxylic acid groups (broad SMARTS) is 1. The molecule has 2 aromatic carbocycles. The van der Waals surface area contributed by atoms with Crippen LogP contribution in [-0.4, -0.2) is 43.6 Å². The lowest BCUT2D eigenvalue weighted by Crippen LogP contribution is -2.58. The van der Waals surface area contributed by atoms with Crippen LogP contribution in [0.15, 0.2) is 41.2 Å². The summed E-state index contributed by atoms with van der Waals surface area (Å²) in [5.74, 6) is -4.22. The number of carboxylic acids is 1. The summed E-state index contributed by atoms with van der Waals surface area (Å²) in [6, 6.07) is 6.86. The van der Waals surface area contributed by atoms with Crippen LogP contribution in [0, 0.1) is 5.92 Å². The van der Waals surface area contributed by atoms with E-state index in [1.807, 2.05) is 6.92 Å². The van der Waals surface area contributed by atoms with E-state index in [-0.39, 0.29) is 16.9 Å². The summed E-state index contributed by atoms with van der Waals surface area (Å²) in [6.45, 7) is 3.19. The van der Waals surface area contributed by atoms with Crippen LogP contribution in [0.2, 0.25) is 5.02 Å². The topological polar surface area (TPSA) is 105 Å². The molecule has 0 spiro atoms. The molecule has 1 aliphatic heterocycles. The summed E-state index contributed by atoms with van der Waals surface area (Å²) < 4.78 is 43.0. The first kappa shape index (κ1) is 26.3. The van der Waals surface area contributed by atoms with Crippen LogP contribution >= 0.6 is 11.6 Å². The monoisotopic (exact) mass is 538 g/mol. The number of alkyl halides is 3. The van der Waals surface area contributed by atoms with Gasteiger partial charge in [-0.15, -0.1) is 0 Å². The molecule has 1 unspecified atom stereocenters. The Balaban J connectivity index is 1.78. The van der Waals surface area contributed by atoms with Crippen LogP contribution in [0.1, 0.15) is 25.0 Å². The van der Waals surface area contributed by atoms with Crippen molar-refractivity contribution in [3.63, 3.8) is 0 Å². The molecule has 13 heteroatoms. The Bertz CT molecular complexity index is 1480. The number of amides is 3. The Kier molecular flexibility index (Phi) is 6.80. The standard InChI is InChI=1S/C24H22ClF3N4O5/c1-3-29-17-9-8-14(10-18(17)30(4-2)22(29)36)31-12-15(21(34)35)20(33)32(23(31)37)11-13-6-5-7-16(19(13)25)24(26,27)28/h5-10,15H,3-4,11-12H2,1-2H3,(H,34,35). The molecular weight excluding hydrogens is 517 g/mol. The van der Waals surface area contributed by atoms with Crippen LogP contribution in [0.3, 0.4) is 0 Å². The molecule has 1 saturated heterocycles. The third-order valence-electron chi connectivity index (χ3n) is 6.35. The Hall–Kier alpha value is -3.80. The smallest absolute Gasteiger partial charge is 0.417 e. The molecule has 196 valence electrons. The molecule has 1 N–H and O–H groups in total. The van der Waals surface area contributed by atoms with Gasteiger partial charge in [-0.25, -0.2) is 9.59 Å². The number of hydrogen-bond acceptors (Lipinski definition) is 4. The molecule has 0 bridgehead atoms. The molecule has 2 heterocycles. The fourth-order valence-corrected chi connectivity index (χ4v) is 4.78. The van der Waals surface area contributed by atoms with Gasteiger partial charge in [0.2, 0.25) is 5.91 Å². The third kappa shape index (κ3) is 4.45. The summed E-state index contributed by atoms with van der Waals surface area (Å²) in [4.78, 5) is 52.6. The maximum atomic E-state index is 13.4. The van der Waals surface area contributed by atoms with Crippen LogP contribution in [0.5, 0.6) is 0 Å². The van der Waals surface area contributed by atoms with Crippen molar-refractivity contribution in [2.75, 3.05) is 11.4 Å². The summed E-state index contributed by atoms with van der Waals surface area (Å²) in [6.07, 6.45) is -4.77. The van der Waals surface area contributed by atoms with Gasteiger partial charge >= 0.3 is 23.9 Å². The molecule has 3 amide bonds. The number of fused-ring (bicyclic) bond motifs is 1. The van der Waals surface area contributed by atoms with E-state index in [0.717, 1.165) is 17.0 Å². The van der Waals surface area contributed by atoms with Gasteiger partial charge in [0, 0.05) is 25.3 Å². The molecule has 1 atom stereocenters. The van der Waals surface area contributed by atoms with Crippen molar-refractivity contribution in [2.24, 2.45) is 5.92 Å². The quantitative estimate of drug-likeness (QED) is 0.474. The highest BCUT2D eigenvalue weighted by Gasteiger charge is 2.44. The predicted molar refractivity (Wildman–Crippen MR) is 128 cm³/mol. The van der Waals surface area contributed by atoms with Crippen molar-refractivity contribution in [1.29, 1.82) is 0 Å². The van der Waals surface area contributed by atoms with E-state index in [2.05, 4.69) is 0 Å². The number of halogens is 4. The van der Waals surface area contributed by atoms with Gasteiger partial charge < -0.3 is 5.11 Å². The number of aryl methyl sites for hydroxylation is 2. The minimum atomic E-state index is -4.77. The average molecular weight is 539 g/mol. The van der Waals surface area contributed by atoms with Crippen molar-refractivity contribution in [3.8, 4) is 0 Å². The van der Waals surface area contributed by atoms with Gasteiger partial charge in [0.1, 0.15) is 0 Å². The van der Waals surface area contributed by atoms with E-state index in [1.165, 1.54) is 16.7 Å². The molecular formula is C24H22ClF3N4O5. The minimum absolute atomic E-state index is 0.167. The molecule has 37 heavy (non-hydrogen) atoms. The molecule has 0 radical (unpaired) electrons. The molecule has 3 aromatic rings. The lowest BCUT2D eigenvalue weighted by Gasteiger charge is -2.37. The normalized spacial score (nSPS) is 16.6. The summed E-state index contributed by atoms with van der Waals surface area (Å²) >= 11 is 5.96. The van der Waals surface area contributed by atoms with Gasteiger partial charge in [-0.3, -0.25) is 28.5 Å². The van der Waals surface area contributed by atoms with Crippen molar-refractivity contribution in [2.45, 2.75) is 39.7 Å². The Morgan fingerprint density at radius 2 is 1.70 bits per heavy atom. The van der Waals surface area contributed by atoms with Crippen molar-refractivity contribution in [3.05, 3.63) is 63.0 Å². The summed E-state index contributed by atoms with van der Waals surface area (Å²) in [5, 5.41) is 8.98. The Labute approximate surface area is 213 Å². The number of aromatic nitrogens is 2. The average Bonchev–Trinajstić information content (AvgIpc) is 3.11. The first-order chi connectivity index (χ1) is 17.4. The molecule has 0 saturated carbocycles. The zero-order valence-electron chi connectivity index (χ0n) is 19.8. The SMILES string of the molecule is CCn1c(=O)n(CC)c2cc(N3CC(C(=O)O)C(=O)N(Cc4cccc(C(F)(F)F)c4Cl)C3=O)ccc21. The lowest BCUT2D eigenvalue weighted by atomic mass is 10.0. The second kappa shape index (κ2) is 9.58. The number of hydrogen-bond donors (Lipinski definition) is 1. The van der Waals surface area contributed by atoms with E-state index in [9.17, 15) is 37.5 Å². The number of nitrogens with zero attached hydrogens (tertiary/aromatic N) is 4. The van der Waals surface area contributed by atoms with Crippen molar-refractivity contribution in [1.82, 2.24) is 14.0 Å². The molecule has 1 aliphatic rings. The van der Waals surface area contributed by atoms with Crippen molar-refractivity contribution < 1.29 is 32.7 Å². The molecule has 4 rings (SSSR count). The number of imide groups is 1. The highest BCUT2D eigenvalue weighted by atomic mass is 35.5. The second-order valence-electron chi connectivity index (χ2n) is 8.43. The van der Waals surface area contributed by atoms with Gasteiger partial charge in [0.15, 0.2) is 5.92 Å². The van der Waals surface area contributed by atoms with Crippen molar-refractivity contribution >= 4 is 46.2 Å². The largest absolute Gasteiger partial charge is 0.481 e.